The second kappa shape index (κ2) is 8.38. The Hall–Kier alpha value is -3.80. The van der Waals surface area contributed by atoms with Gasteiger partial charge in [0, 0.05) is 50.3 Å². The number of carbonyl (C=O) groups excluding carboxylic acids is 1. The molecule has 1 amide bonds. The molecule has 1 aliphatic rings. The van der Waals surface area contributed by atoms with Crippen molar-refractivity contribution in [3.8, 4) is 5.75 Å². The van der Waals surface area contributed by atoms with Crippen molar-refractivity contribution in [2.24, 2.45) is 0 Å². The number of pyridine rings is 1. The zero-order valence-corrected chi connectivity index (χ0v) is 18.4. The number of hydrogen-bond acceptors (Lipinski definition) is 4. The molecule has 6 heteroatoms. The van der Waals surface area contributed by atoms with Crippen LogP contribution < -0.4 is 9.64 Å². The molecule has 0 N–H and O–H groups in total. The maximum absolute atomic E-state index is 13.1. The van der Waals surface area contributed by atoms with Gasteiger partial charge in [0.25, 0.3) is 5.91 Å². The lowest BCUT2D eigenvalue weighted by molar-refractivity contribution is 0.0751. The standard InChI is InChI=1S/C26H26N4O2/c1-19-7-12-25-27-22(17-30(25)15-19)18-32-23-10-8-20(9-11-23)26(31)29-14-13-28(2)24-6-4-3-5-21(24)16-29/h3-12,15,17H,13-14,16,18H2,1-2H3. The molecule has 162 valence electrons. The summed E-state index contributed by atoms with van der Waals surface area (Å²) >= 11 is 0. The van der Waals surface area contributed by atoms with Crippen molar-refractivity contribution in [2.75, 3.05) is 25.0 Å². The van der Waals surface area contributed by atoms with Crippen molar-refractivity contribution in [1.29, 1.82) is 0 Å². The van der Waals surface area contributed by atoms with Gasteiger partial charge >= 0.3 is 0 Å². The van der Waals surface area contributed by atoms with E-state index in [0.29, 0.717) is 25.3 Å². The number of aromatic nitrogens is 2. The number of fused-ring (bicyclic) bond motifs is 2. The number of benzene rings is 2. The SMILES string of the molecule is Cc1ccc2nc(COc3ccc(C(=O)N4CCN(C)c5ccccc5C4)cc3)cn2c1. The number of amides is 1. The highest BCUT2D eigenvalue weighted by Gasteiger charge is 2.22. The molecule has 32 heavy (non-hydrogen) atoms. The summed E-state index contributed by atoms with van der Waals surface area (Å²) in [6.45, 7) is 4.55. The van der Waals surface area contributed by atoms with Crippen LogP contribution >= 0.6 is 0 Å². The Morgan fingerprint density at radius 2 is 1.81 bits per heavy atom. The Morgan fingerprint density at radius 3 is 2.66 bits per heavy atom. The molecule has 0 saturated heterocycles. The lowest BCUT2D eigenvalue weighted by atomic mass is 10.1. The maximum atomic E-state index is 13.1. The monoisotopic (exact) mass is 426 g/mol. The van der Waals surface area contributed by atoms with Gasteiger partial charge in [-0.15, -0.1) is 0 Å². The Bertz CT molecular complexity index is 1260. The summed E-state index contributed by atoms with van der Waals surface area (Å²) in [5.74, 6) is 0.758. The Kier molecular flexibility index (Phi) is 5.27. The van der Waals surface area contributed by atoms with E-state index >= 15 is 0 Å². The van der Waals surface area contributed by atoms with Gasteiger partial charge in [-0.1, -0.05) is 24.3 Å². The molecule has 0 aliphatic carbocycles. The topological polar surface area (TPSA) is 50.1 Å². The van der Waals surface area contributed by atoms with E-state index < -0.39 is 0 Å². The van der Waals surface area contributed by atoms with Gasteiger partial charge in [-0.05, 0) is 54.4 Å². The molecule has 0 radical (unpaired) electrons. The second-order valence-electron chi connectivity index (χ2n) is 8.29. The summed E-state index contributed by atoms with van der Waals surface area (Å²) in [6, 6.07) is 19.7. The number of hydrogen-bond donors (Lipinski definition) is 0. The highest BCUT2D eigenvalue weighted by Crippen LogP contribution is 2.25. The fourth-order valence-corrected chi connectivity index (χ4v) is 4.12. The second-order valence-corrected chi connectivity index (χ2v) is 8.29. The summed E-state index contributed by atoms with van der Waals surface area (Å²) in [7, 11) is 2.07. The minimum atomic E-state index is 0.0392. The molecular weight excluding hydrogens is 400 g/mol. The number of ether oxygens (including phenoxy) is 1. The Balaban J connectivity index is 1.25. The minimum absolute atomic E-state index is 0.0392. The van der Waals surface area contributed by atoms with Crippen LogP contribution in [0.4, 0.5) is 5.69 Å². The quantitative estimate of drug-likeness (QED) is 0.488. The number of carbonyl (C=O) groups is 1. The molecule has 6 nitrogen and oxygen atoms in total. The van der Waals surface area contributed by atoms with Crippen LogP contribution in [0.5, 0.6) is 5.75 Å². The summed E-state index contributed by atoms with van der Waals surface area (Å²) in [5, 5.41) is 0. The molecule has 0 spiro atoms. The van der Waals surface area contributed by atoms with Crippen molar-refractivity contribution < 1.29 is 9.53 Å². The van der Waals surface area contributed by atoms with Crippen LogP contribution in [0.25, 0.3) is 5.65 Å². The zero-order valence-electron chi connectivity index (χ0n) is 18.4. The molecule has 4 aromatic rings. The Morgan fingerprint density at radius 1 is 1.00 bits per heavy atom. The van der Waals surface area contributed by atoms with Gasteiger partial charge in [0.05, 0.1) is 5.69 Å². The van der Waals surface area contributed by atoms with Crippen LogP contribution in [-0.4, -0.2) is 40.3 Å². The van der Waals surface area contributed by atoms with Crippen LogP contribution in [0.3, 0.4) is 0 Å². The number of likely N-dealkylation sites (N-methyl/N-ethyl adjacent to an activating group) is 1. The summed E-state index contributed by atoms with van der Waals surface area (Å²) in [6.07, 6.45) is 4.03. The first-order valence-electron chi connectivity index (χ1n) is 10.8. The number of anilines is 1. The van der Waals surface area contributed by atoms with E-state index in [1.807, 2.05) is 70.2 Å². The third kappa shape index (κ3) is 4.04. The van der Waals surface area contributed by atoms with Crippen LogP contribution in [0, 0.1) is 6.92 Å². The predicted octanol–water partition coefficient (Wildman–Crippen LogP) is 4.31. The maximum Gasteiger partial charge on any atom is 0.254 e. The van der Waals surface area contributed by atoms with Gasteiger partial charge in [0.15, 0.2) is 0 Å². The zero-order chi connectivity index (χ0) is 22.1. The van der Waals surface area contributed by atoms with Gasteiger partial charge in [-0.2, -0.15) is 0 Å². The average Bonchev–Trinajstić information content (AvgIpc) is 3.14. The first-order chi connectivity index (χ1) is 15.6. The van der Waals surface area contributed by atoms with Gasteiger partial charge in [0.2, 0.25) is 0 Å². The van der Waals surface area contributed by atoms with Crippen molar-refractivity contribution in [3.05, 3.63) is 95.4 Å². The van der Waals surface area contributed by atoms with Gasteiger partial charge < -0.3 is 18.9 Å². The van der Waals surface area contributed by atoms with Crippen LogP contribution in [0.2, 0.25) is 0 Å². The number of aryl methyl sites for hydroxylation is 1. The third-order valence-corrected chi connectivity index (χ3v) is 5.89. The highest BCUT2D eigenvalue weighted by atomic mass is 16.5. The van der Waals surface area contributed by atoms with E-state index in [4.69, 9.17) is 4.74 Å². The molecule has 1 aliphatic heterocycles. The van der Waals surface area contributed by atoms with E-state index in [1.54, 1.807) is 0 Å². The normalized spacial score (nSPS) is 13.7. The minimum Gasteiger partial charge on any atom is -0.487 e. The molecule has 2 aromatic heterocycles. The van der Waals surface area contributed by atoms with Gasteiger partial charge in [-0.3, -0.25) is 4.79 Å². The van der Waals surface area contributed by atoms with Crippen LogP contribution in [0.15, 0.2) is 73.1 Å². The molecule has 0 bridgehead atoms. The molecule has 3 heterocycles. The lowest BCUT2D eigenvalue weighted by Gasteiger charge is -2.21. The Labute approximate surface area is 187 Å². The molecule has 2 aromatic carbocycles. The molecule has 0 saturated carbocycles. The van der Waals surface area contributed by atoms with E-state index in [-0.39, 0.29) is 5.91 Å². The van der Waals surface area contributed by atoms with Crippen molar-refractivity contribution in [1.82, 2.24) is 14.3 Å². The van der Waals surface area contributed by atoms with Crippen molar-refractivity contribution in [3.63, 3.8) is 0 Å². The van der Waals surface area contributed by atoms with Crippen LogP contribution in [-0.2, 0) is 13.2 Å². The fraction of sp³-hybridized carbons (Fsp3) is 0.231. The van der Waals surface area contributed by atoms with Gasteiger partial charge in [-0.25, -0.2) is 4.98 Å². The van der Waals surface area contributed by atoms with E-state index in [9.17, 15) is 4.79 Å². The summed E-state index contributed by atoms with van der Waals surface area (Å²) in [4.78, 5) is 21.8. The number of nitrogens with zero attached hydrogens (tertiary/aromatic N) is 4. The first kappa shape index (κ1) is 20.1. The molecule has 0 atom stereocenters. The smallest absolute Gasteiger partial charge is 0.254 e. The fourth-order valence-electron chi connectivity index (χ4n) is 4.12. The highest BCUT2D eigenvalue weighted by molar-refractivity contribution is 5.94. The van der Waals surface area contributed by atoms with Crippen molar-refractivity contribution in [2.45, 2.75) is 20.1 Å². The van der Waals surface area contributed by atoms with Gasteiger partial charge in [0.1, 0.15) is 18.0 Å². The summed E-state index contributed by atoms with van der Waals surface area (Å²) in [5.41, 5.74) is 5.98. The lowest BCUT2D eigenvalue weighted by Crippen LogP contribution is -2.34. The largest absolute Gasteiger partial charge is 0.487 e. The first-order valence-corrected chi connectivity index (χ1v) is 10.8. The summed E-state index contributed by atoms with van der Waals surface area (Å²) < 4.78 is 7.91. The number of para-hydroxylation sites is 1. The molecule has 0 unspecified atom stereocenters. The third-order valence-electron chi connectivity index (χ3n) is 5.89. The average molecular weight is 427 g/mol. The van der Waals surface area contributed by atoms with Crippen LogP contribution in [0.1, 0.15) is 27.2 Å². The number of rotatable bonds is 4. The van der Waals surface area contributed by atoms with E-state index in [0.717, 1.165) is 23.6 Å². The molecule has 0 fully saturated rings. The number of imidazole rings is 1. The molecule has 5 rings (SSSR count). The van der Waals surface area contributed by atoms with Crippen molar-refractivity contribution >= 4 is 17.2 Å². The van der Waals surface area contributed by atoms with E-state index in [1.165, 1.54) is 16.8 Å². The van der Waals surface area contributed by atoms with E-state index in [2.05, 4.69) is 36.0 Å². The predicted molar refractivity (Wildman–Crippen MR) is 125 cm³/mol. The molecular formula is C26H26N4O2.